The third-order valence-corrected chi connectivity index (χ3v) is 2.59. The standard InChI is InChI=1S/C7H7N3O3S/c1-6-2-4-7(5-3-6)14(11,12)13-10-9-8/h2-5H,1H3. The molecule has 0 atom stereocenters. The highest BCUT2D eigenvalue weighted by atomic mass is 32.2. The number of nitrogens with zero attached hydrogens (tertiary/aromatic N) is 3. The molecule has 0 saturated heterocycles. The molecule has 1 aromatic carbocycles. The van der Waals surface area contributed by atoms with Crippen LogP contribution in [0.3, 0.4) is 0 Å². The molecule has 0 unspecified atom stereocenters. The molecule has 0 spiro atoms. The van der Waals surface area contributed by atoms with E-state index < -0.39 is 10.1 Å². The zero-order chi connectivity index (χ0) is 10.6. The maximum Gasteiger partial charge on any atom is 0.345 e. The number of hydrogen-bond acceptors (Lipinski definition) is 4. The largest absolute Gasteiger partial charge is 0.345 e. The molecule has 0 saturated carbocycles. The van der Waals surface area contributed by atoms with Crippen molar-refractivity contribution in [1.82, 2.24) is 0 Å². The minimum Gasteiger partial charge on any atom is -0.307 e. The second-order valence-electron chi connectivity index (χ2n) is 2.51. The Morgan fingerprint density at radius 1 is 1.36 bits per heavy atom. The summed E-state index contributed by atoms with van der Waals surface area (Å²) in [4.78, 5) is 2.14. The molecule has 0 aliphatic heterocycles. The molecule has 1 aromatic rings. The van der Waals surface area contributed by atoms with Crippen molar-refractivity contribution in [2.75, 3.05) is 0 Å². The topological polar surface area (TPSA) is 92.1 Å². The number of azide groups is 1. The Hall–Kier alpha value is -1.72. The fourth-order valence-corrected chi connectivity index (χ4v) is 1.48. The summed E-state index contributed by atoms with van der Waals surface area (Å²) in [5, 5.41) is 2.53. The molecule has 0 amide bonds. The van der Waals surface area contributed by atoms with Crippen molar-refractivity contribution in [3.63, 3.8) is 0 Å². The van der Waals surface area contributed by atoms with Gasteiger partial charge in [0.05, 0.1) is 0 Å². The van der Waals surface area contributed by atoms with E-state index in [9.17, 15) is 8.42 Å². The maximum atomic E-state index is 11.2. The average molecular weight is 213 g/mol. The molecule has 7 heteroatoms. The van der Waals surface area contributed by atoms with Crippen LogP contribution in [0, 0.1) is 6.92 Å². The fourth-order valence-electron chi connectivity index (χ4n) is 0.807. The van der Waals surface area contributed by atoms with Crippen molar-refractivity contribution in [2.24, 2.45) is 5.28 Å². The van der Waals surface area contributed by atoms with Crippen LogP contribution in [0.4, 0.5) is 0 Å². The van der Waals surface area contributed by atoms with Crippen LogP contribution in [0.5, 0.6) is 0 Å². The van der Waals surface area contributed by atoms with Gasteiger partial charge in [-0.2, -0.15) is 8.42 Å². The van der Waals surface area contributed by atoms with E-state index in [1.807, 2.05) is 6.92 Å². The lowest BCUT2D eigenvalue weighted by Crippen LogP contribution is -2.01. The Labute approximate surface area is 80.8 Å². The van der Waals surface area contributed by atoms with Gasteiger partial charge in [-0.1, -0.05) is 17.7 Å². The Morgan fingerprint density at radius 2 is 1.93 bits per heavy atom. The molecular weight excluding hydrogens is 206 g/mol. The van der Waals surface area contributed by atoms with Crippen molar-refractivity contribution in [1.29, 1.82) is 0 Å². The smallest absolute Gasteiger partial charge is 0.307 e. The van der Waals surface area contributed by atoms with Crippen LogP contribution in [0.1, 0.15) is 5.56 Å². The first-order chi connectivity index (χ1) is 6.56. The van der Waals surface area contributed by atoms with Gasteiger partial charge in [-0.05, 0) is 24.6 Å². The van der Waals surface area contributed by atoms with Gasteiger partial charge in [0.25, 0.3) is 0 Å². The summed E-state index contributed by atoms with van der Waals surface area (Å²) >= 11 is 0. The Bertz CT molecular complexity index is 459. The van der Waals surface area contributed by atoms with E-state index in [0.717, 1.165) is 5.56 Å². The van der Waals surface area contributed by atoms with Gasteiger partial charge in [0.15, 0.2) is 0 Å². The fraction of sp³-hybridized carbons (Fsp3) is 0.143. The first-order valence-electron chi connectivity index (χ1n) is 3.61. The summed E-state index contributed by atoms with van der Waals surface area (Å²) in [7, 11) is -3.96. The molecule has 1 rings (SSSR count). The molecule has 0 aliphatic rings. The monoisotopic (exact) mass is 213 g/mol. The van der Waals surface area contributed by atoms with Gasteiger partial charge in [-0.3, -0.25) is 0 Å². The van der Waals surface area contributed by atoms with Crippen LogP contribution in [-0.2, 0) is 14.4 Å². The van der Waals surface area contributed by atoms with E-state index in [2.05, 4.69) is 14.5 Å². The third kappa shape index (κ3) is 2.38. The molecule has 0 aliphatic carbocycles. The molecule has 0 heterocycles. The molecule has 0 radical (unpaired) electrons. The first kappa shape index (κ1) is 10.4. The van der Waals surface area contributed by atoms with E-state index >= 15 is 0 Å². The van der Waals surface area contributed by atoms with Crippen LogP contribution in [0.15, 0.2) is 34.4 Å². The van der Waals surface area contributed by atoms with E-state index in [1.54, 1.807) is 12.1 Å². The van der Waals surface area contributed by atoms with Crippen molar-refractivity contribution in [3.05, 3.63) is 40.3 Å². The molecule has 0 bridgehead atoms. The van der Waals surface area contributed by atoms with Gasteiger partial charge in [-0.15, -0.1) is 0 Å². The van der Waals surface area contributed by atoms with E-state index in [1.165, 1.54) is 12.1 Å². The van der Waals surface area contributed by atoms with Gasteiger partial charge in [0, 0.05) is 4.91 Å². The average Bonchev–Trinajstić information content (AvgIpc) is 2.16. The lowest BCUT2D eigenvalue weighted by molar-refractivity contribution is 0.331. The molecule has 0 fully saturated rings. The number of hydrogen-bond donors (Lipinski definition) is 0. The molecule has 0 aromatic heterocycles. The first-order valence-corrected chi connectivity index (χ1v) is 5.02. The summed E-state index contributed by atoms with van der Waals surface area (Å²) in [6.07, 6.45) is 0. The SMILES string of the molecule is Cc1ccc(S(=O)(=O)ON=[N+]=[N-])cc1. The van der Waals surface area contributed by atoms with Crippen LogP contribution in [0.25, 0.3) is 10.4 Å². The highest BCUT2D eigenvalue weighted by molar-refractivity contribution is 7.86. The minimum absolute atomic E-state index is 0.0458. The van der Waals surface area contributed by atoms with E-state index in [-0.39, 0.29) is 4.90 Å². The summed E-state index contributed by atoms with van der Waals surface area (Å²) in [6.45, 7) is 1.82. The second-order valence-corrected chi connectivity index (χ2v) is 4.04. The normalized spacial score (nSPS) is 10.4. The third-order valence-electron chi connectivity index (χ3n) is 1.48. The van der Waals surface area contributed by atoms with Crippen LogP contribution >= 0.6 is 0 Å². The van der Waals surface area contributed by atoms with Gasteiger partial charge >= 0.3 is 10.1 Å². The molecular formula is C7H7N3O3S. The number of benzene rings is 1. The van der Waals surface area contributed by atoms with Gasteiger partial charge in [-0.25, -0.2) is 0 Å². The summed E-state index contributed by atoms with van der Waals surface area (Å²) in [6, 6.07) is 5.98. The Kier molecular flexibility index (Phi) is 2.95. The molecule has 6 nitrogen and oxygen atoms in total. The van der Waals surface area contributed by atoms with Crippen molar-refractivity contribution >= 4 is 10.1 Å². The van der Waals surface area contributed by atoms with Crippen molar-refractivity contribution in [2.45, 2.75) is 11.8 Å². The van der Waals surface area contributed by atoms with Gasteiger partial charge < -0.3 is 4.28 Å². The van der Waals surface area contributed by atoms with Crippen molar-refractivity contribution < 1.29 is 12.7 Å². The zero-order valence-electron chi connectivity index (χ0n) is 7.28. The highest BCUT2D eigenvalue weighted by Crippen LogP contribution is 2.13. The highest BCUT2D eigenvalue weighted by Gasteiger charge is 2.13. The van der Waals surface area contributed by atoms with E-state index in [4.69, 9.17) is 5.53 Å². The van der Waals surface area contributed by atoms with Crippen LogP contribution in [-0.4, -0.2) is 8.42 Å². The molecule has 14 heavy (non-hydrogen) atoms. The van der Waals surface area contributed by atoms with Gasteiger partial charge in [0.1, 0.15) is 10.2 Å². The van der Waals surface area contributed by atoms with E-state index in [0.29, 0.717) is 0 Å². The molecule has 74 valence electrons. The zero-order valence-corrected chi connectivity index (χ0v) is 8.10. The Morgan fingerprint density at radius 3 is 2.43 bits per heavy atom. The van der Waals surface area contributed by atoms with Gasteiger partial charge in [0.2, 0.25) is 0 Å². The summed E-state index contributed by atoms with van der Waals surface area (Å²) in [5.74, 6) is 0. The second kappa shape index (κ2) is 3.99. The maximum absolute atomic E-state index is 11.2. The predicted molar refractivity (Wildman–Crippen MR) is 48.6 cm³/mol. The van der Waals surface area contributed by atoms with Crippen LogP contribution < -0.4 is 0 Å². The Balaban J connectivity index is 3.04. The predicted octanol–water partition coefficient (Wildman–Crippen LogP) is 1.93. The van der Waals surface area contributed by atoms with Crippen molar-refractivity contribution in [3.8, 4) is 0 Å². The lowest BCUT2D eigenvalue weighted by Gasteiger charge is -2.00. The molecule has 0 N–H and O–H groups in total. The summed E-state index contributed by atoms with van der Waals surface area (Å²) < 4.78 is 26.4. The number of aryl methyl sites for hydroxylation is 1. The minimum atomic E-state index is -3.96. The lowest BCUT2D eigenvalue weighted by atomic mass is 10.2. The summed E-state index contributed by atoms with van der Waals surface area (Å²) in [5.41, 5.74) is 8.81. The quantitative estimate of drug-likeness (QED) is 0.332. The number of rotatable bonds is 3. The van der Waals surface area contributed by atoms with Crippen LogP contribution in [0.2, 0.25) is 0 Å².